The summed E-state index contributed by atoms with van der Waals surface area (Å²) in [4.78, 5) is 0. The number of hydrogen-bond acceptors (Lipinski definition) is 3. The van der Waals surface area contributed by atoms with Crippen LogP contribution in [-0.2, 0) is 6.54 Å². The van der Waals surface area contributed by atoms with Crippen molar-refractivity contribution in [1.29, 1.82) is 0 Å². The van der Waals surface area contributed by atoms with Crippen LogP contribution in [0, 0.1) is 6.92 Å². The van der Waals surface area contributed by atoms with Gasteiger partial charge in [-0.05, 0) is 56.7 Å². The normalized spacial score (nSPS) is 10.7. The van der Waals surface area contributed by atoms with E-state index in [9.17, 15) is 0 Å². The molecule has 0 unspecified atom stereocenters. The van der Waals surface area contributed by atoms with E-state index >= 15 is 0 Å². The molecule has 1 heterocycles. The Bertz CT molecular complexity index is 485. The molecule has 18 heavy (non-hydrogen) atoms. The lowest BCUT2D eigenvalue weighted by molar-refractivity contribution is 0.242. The quantitative estimate of drug-likeness (QED) is 0.865. The van der Waals surface area contributed by atoms with Gasteiger partial charge in [0.15, 0.2) is 0 Å². The highest BCUT2D eigenvalue weighted by Gasteiger charge is 2.02. The molecular weight excluding hydrogens is 226 g/mol. The molecule has 3 nitrogen and oxygen atoms in total. The fourth-order valence-corrected chi connectivity index (χ4v) is 1.69. The van der Waals surface area contributed by atoms with Gasteiger partial charge in [-0.3, -0.25) is 0 Å². The summed E-state index contributed by atoms with van der Waals surface area (Å²) in [5.74, 6) is 1.86. The molecule has 2 aromatic rings. The zero-order valence-corrected chi connectivity index (χ0v) is 11.1. The lowest BCUT2D eigenvalue weighted by atomic mass is 10.2. The van der Waals surface area contributed by atoms with Gasteiger partial charge in [0.05, 0.1) is 18.9 Å². The van der Waals surface area contributed by atoms with Crippen LogP contribution in [0.1, 0.15) is 25.2 Å². The van der Waals surface area contributed by atoms with E-state index in [0.29, 0.717) is 6.54 Å². The smallest absolute Gasteiger partial charge is 0.125 e. The predicted octanol–water partition coefficient (Wildman–Crippen LogP) is 3.99. The van der Waals surface area contributed by atoms with Crippen molar-refractivity contribution in [2.24, 2.45) is 0 Å². The summed E-state index contributed by atoms with van der Waals surface area (Å²) in [6.07, 6.45) is 1.92. The SMILES string of the molecule is Cc1ccoc1CNc1ccc(OC(C)C)cc1. The van der Waals surface area contributed by atoms with Gasteiger partial charge in [-0.1, -0.05) is 0 Å². The van der Waals surface area contributed by atoms with Crippen LogP contribution >= 0.6 is 0 Å². The van der Waals surface area contributed by atoms with Crippen LogP contribution in [0.15, 0.2) is 41.0 Å². The summed E-state index contributed by atoms with van der Waals surface area (Å²) in [6, 6.07) is 9.93. The molecule has 0 atom stereocenters. The molecule has 96 valence electrons. The Morgan fingerprint density at radius 3 is 2.44 bits per heavy atom. The first-order chi connectivity index (χ1) is 8.65. The molecule has 0 saturated heterocycles. The number of nitrogens with one attached hydrogen (secondary N) is 1. The predicted molar refractivity (Wildman–Crippen MR) is 73.0 cm³/mol. The van der Waals surface area contributed by atoms with Crippen molar-refractivity contribution >= 4 is 5.69 Å². The highest BCUT2D eigenvalue weighted by molar-refractivity contribution is 5.46. The standard InChI is InChI=1S/C15H19NO2/c1-11(2)18-14-6-4-13(5-7-14)16-10-15-12(3)8-9-17-15/h4-9,11,16H,10H2,1-3H3. The van der Waals surface area contributed by atoms with Gasteiger partial charge in [0.2, 0.25) is 0 Å². The van der Waals surface area contributed by atoms with E-state index in [4.69, 9.17) is 9.15 Å². The number of anilines is 1. The van der Waals surface area contributed by atoms with Gasteiger partial charge in [0.1, 0.15) is 11.5 Å². The summed E-state index contributed by atoms with van der Waals surface area (Å²) in [5.41, 5.74) is 2.23. The summed E-state index contributed by atoms with van der Waals surface area (Å²) in [7, 11) is 0. The molecule has 0 bridgehead atoms. The maximum absolute atomic E-state index is 5.59. The van der Waals surface area contributed by atoms with Gasteiger partial charge in [0, 0.05) is 5.69 Å². The fraction of sp³-hybridized carbons (Fsp3) is 0.333. The average molecular weight is 245 g/mol. The first-order valence-electron chi connectivity index (χ1n) is 6.18. The molecule has 0 radical (unpaired) electrons. The van der Waals surface area contributed by atoms with E-state index in [2.05, 4.69) is 5.32 Å². The minimum Gasteiger partial charge on any atom is -0.491 e. The summed E-state index contributed by atoms with van der Waals surface area (Å²) in [5, 5.41) is 3.32. The molecule has 0 fully saturated rings. The number of ether oxygens (including phenoxy) is 1. The molecule has 0 amide bonds. The fourth-order valence-electron chi connectivity index (χ4n) is 1.69. The van der Waals surface area contributed by atoms with E-state index in [-0.39, 0.29) is 6.10 Å². The third-order valence-electron chi connectivity index (χ3n) is 2.65. The van der Waals surface area contributed by atoms with Crippen LogP contribution < -0.4 is 10.1 Å². The van der Waals surface area contributed by atoms with E-state index in [1.807, 2.05) is 51.1 Å². The van der Waals surface area contributed by atoms with Crippen molar-refractivity contribution < 1.29 is 9.15 Å². The summed E-state index contributed by atoms with van der Waals surface area (Å²) in [6.45, 7) is 6.78. The molecule has 2 rings (SSSR count). The Hall–Kier alpha value is -1.90. The van der Waals surface area contributed by atoms with E-state index < -0.39 is 0 Å². The second-order valence-electron chi connectivity index (χ2n) is 4.57. The van der Waals surface area contributed by atoms with Crippen molar-refractivity contribution in [1.82, 2.24) is 0 Å². The highest BCUT2D eigenvalue weighted by Crippen LogP contribution is 2.18. The van der Waals surface area contributed by atoms with Crippen LogP contribution in [0.5, 0.6) is 5.75 Å². The molecule has 1 N–H and O–H groups in total. The third-order valence-corrected chi connectivity index (χ3v) is 2.65. The minimum atomic E-state index is 0.203. The maximum Gasteiger partial charge on any atom is 0.125 e. The van der Waals surface area contributed by atoms with Crippen molar-refractivity contribution in [3.63, 3.8) is 0 Å². The van der Waals surface area contributed by atoms with Crippen LogP contribution in [0.2, 0.25) is 0 Å². The molecule has 0 saturated carbocycles. The Morgan fingerprint density at radius 2 is 1.89 bits per heavy atom. The largest absolute Gasteiger partial charge is 0.491 e. The summed E-state index contributed by atoms with van der Waals surface area (Å²) < 4.78 is 11.0. The molecule has 0 aliphatic heterocycles. The zero-order valence-electron chi connectivity index (χ0n) is 11.1. The van der Waals surface area contributed by atoms with Crippen LogP contribution in [0.25, 0.3) is 0 Å². The zero-order chi connectivity index (χ0) is 13.0. The van der Waals surface area contributed by atoms with Gasteiger partial charge < -0.3 is 14.5 Å². The first-order valence-corrected chi connectivity index (χ1v) is 6.18. The first kappa shape index (κ1) is 12.6. The summed E-state index contributed by atoms with van der Waals surface area (Å²) >= 11 is 0. The highest BCUT2D eigenvalue weighted by atomic mass is 16.5. The second-order valence-corrected chi connectivity index (χ2v) is 4.57. The molecule has 0 aliphatic carbocycles. The van der Waals surface area contributed by atoms with Gasteiger partial charge >= 0.3 is 0 Å². The van der Waals surface area contributed by atoms with Crippen molar-refractivity contribution in [3.8, 4) is 5.75 Å². The Balaban J connectivity index is 1.92. The lowest BCUT2D eigenvalue weighted by Crippen LogP contribution is -2.05. The van der Waals surface area contributed by atoms with Crippen LogP contribution in [0.4, 0.5) is 5.69 Å². The molecule has 0 spiro atoms. The molecular formula is C15H19NO2. The van der Waals surface area contributed by atoms with Crippen molar-refractivity contribution in [3.05, 3.63) is 47.9 Å². The monoisotopic (exact) mass is 245 g/mol. The van der Waals surface area contributed by atoms with Gasteiger partial charge in [-0.15, -0.1) is 0 Å². The minimum absolute atomic E-state index is 0.203. The van der Waals surface area contributed by atoms with Crippen molar-refractivity contribution in [2.45, 2.75) is 33.4 Å². The maximum atomic E-state index is 5.59. The second kappa shape index (κ2) is 5.63. The topological polar surface area (TPSA) is 34.4 Å². The Morgan fingerprint density at radius 1 is 1.17 bits per heavy atom. The molecule has 0 aliphatic rings. The lowest BCUT2D eigenvalue weighted by Gasteiger charge is -2.10. The Labute approximate surface area is 108 Å². The average Bonchev–Trinajstić information content (AvgIpc) is 2.73. The van der Waals surface area contributed by atoms with E-state index in [1.54, 1.807) is 6.26 Å². The van der Waals surface area contributed by atoms with E-state index in [0.717, 1.165) is 17.2 Å². The molecule has 1 aromatic carbocycles. The number of benzene rings is 1. The van der Waals surface area contributed by atoms with Gasteiger partial charge in [0.25, 0.3) is 0 Å². The van der Waals surface area contributed by atoms with Gasteiger partial charge in [-0.2, -0.15) is 0 Å². The van der Waals surface area contributed by atoms with Gasteiger partial charge in [-0.25, -0.2) is 0 Å². The van der Waals surface area contributed by atoms with Crippen LogP contribution in [-0.4, -0.2) is 6.10 Å². The third kappa shape index (κ3) is 3.29. The molecule has 1 aromatic heterocycles. The van der Waals surface area contributed by atoms with Crippen LogP contribution in [0.3, 0.4) is 0 Å². The Kier molecular flexibility index (Phi) is 3.92. The van der Waals surface area contributed by atoms with E-state index in [1.165, 1.54) is 5.56 Å². The number of rotatable bonds is 5. The van der Waals surface area contributed by atoms with Crippen molar-refractivity contribution in [2.75, 3.05) is 5.32 Å². The number of hydrogen-bond donors (Lipinski definition) is 1. The number of aryl methyl sites for hydroxylation is 1. The number of furan rings is 1. The molecule has 3 heteroatoms.